The molecule has 0 fully saturated rings. The number of hydrogen-bond donors (Lipinski definition) is 1. The van der Waals surface area contributed by atoms with Crippen molar-refractivity contribution in [2.24, 2.45) is 0 Å². The van der Waals surface area contributed by atoms with E-state index in [-0.39, 0.29) is 0 Å². The molecule has 0 saturated carbocycles. The highest BCUT2D eigenvalue weighted by Crippen LogP contribution is 2.09. The summed E-state index contributed by atoms with van der Waals surface area (Å²) in [6, 6.07) is 8.87. The van der Waals surface area contributed by atoms with Gasteiger partial charge in [-0.2, -0.15) is 0 Å². The van der Waals surface area contributed by atoms with Crippen LogP contribution in [0.2, 0.25) is 0 Å². The van der Waals surface area contributed by atoms with Crippen LogP contribution in [-0.4, -0.2) is 17.6 Å². The van der Waals surface area contributed by atoms with E-state index in [1.54, 1.807) is 11.3 Å². The number of thiophene rings is 1. The molecule has 0 aromatic carbocycles. The van der Waals surface area contributed by atoms with Gasteiger partial charge in [0, 0.05) is 30.1 Å². The van der Waals surface area contributed by atoms with Crippen molar-refractivity contribution in [3.8, 4) is 0 Å². The molecule has 0 spiro atoms. The molecule has 2 aromatic rings. The van der Waals surface area contributed by atoms with E-state index in [0.29, 0.717) is 12.6 Å². The molecular formula is C16H22N2OS. The van der Waals surface area contributed by atoms with E-state index in [1.165, 1.54) is 10.4 Å². The van der Waals surface area contributed by atoms with E-state index in [9.17, 15) is 0 Å². The van der Waals surface area contributed by atoms with Crippen LogP contribution < -0.4 is 5.32 Å². The van der Waals surface area contributed by atoms with Crippen molar-refractivity contribution in [1.82, 2.24) is 10.3 Å². The molecule has 0 atom stereocenters. The maximum atomic E-state index is 5.66. The van der Waals surface area contributed by atoms with Crippen LogP contribution in [0, 0.1) is 0 Å². The summed E-state index contributed by atoms with van der Waals surface area (Å²) in [6.07, 6.45) is 2.90. The molecule has 0 aliphatic carbocycles. The number of rotatable bonds is 8. The summed E-state index contributed by atoms with van der Waals surface area (Å²) < 4.78 is 5.66. The fraction of sp³-hybridized carbons (Fsp3) is 0.438. The van der Waals surface area contributed by atoms with Crippen molar-refractivity contribution in [3.05, 3.63) is 52.0 Å². The fourth-order valence-electron chi connectivity index (χ4n) is 1.77. The third kappa shape index (κ3) is 5.41. The maximum absolute atomic E-state index is 5.66. The van der Waals surface area contributed by atoms with Gasteiger partial charge in [0.05, 0.1) is 18.9 Å². The number of aromatic nitrogens is 1. The summed E-state index contributed by atoms with van der Waals surface area (Å²) >= 11 is 1.78. The number of nitrogens with zero attached hydrogens (tertiary/aromatic N) is 1. The Morgan fingerprint density at radius 2 is 2.20 bits per heavy atom. The Kier molecular flexibility index (Phi) is 6.18. The predicted molar refractivity (Wildman–Crippen MR) is 83.9 cm³/mol. The van der Waals surface area contributed by atoms with Crippen LogP contribution in [0.5, 0.6) is 0 Å². The summed E-state index contributed by atoms with van der Waals surface area (Å²) in [5.74, 6) is 0. The van der Waals surface area contributed by atoms with Crippen LogP contribution in [0.3, 0.4) is 0 Å². The average Bonchev–Trinajstić information content (AvgIpc) is 2.96. The topological polar surface area (TPSA) is 34.1 Å². The Balaban J connectivity index is 1.68. The zero-order valence-electron chi connectivity index (χ0n) is 12.1. The molecule has 0 saturated heterocycles. The van der Waals surface area contributed by atoms with Crippen molar-refractivity contribution in [2.75, 3.05) is 6.61 Å². The first-order valence-electron chi connectivity index (χ1n) is 7.01. The van der Waals surface area contributed by atoms with Crippen LogP contribution >= 0.6 is 11.3 Å². The van der Waals surface area contributed by atoms with E-state index in [4.69, 9.17) is 4.74 Å². The molecular weight excluding hydrogens is 268 g/mol. The zero-order valence-corrected chi connectivity index (χ0v) is 13.0. The molecule has 3 nitrogen and oxygen atoms in total. The van der Waals surface area contributed by atoms with Crippen LogP contribution in [0.25, 0.3) is 0 Å². The second-order valence-corrected chi connectivity index (χ2v) is 6.11. The quantitative estimate of drug-likeness (QED) is 0.757. The van der Waals surface area contributed by atoms with Crippen molar-refractivity contribution in [2.45, 2.75) is 39.5 Å². The van der Waals surface area contributed by atoms with Crippen LogP contribution in [0.4, 0.5) is 0 Å². The first kappa shape index (κ1) is 15.2. The third-order valence-electron chi connectivity index (χ3n) is 2.92. The molecule has 4 heteroatoms. The van der Waals surface area contributed by atoms with Crippen LogP contribution in [0.15, 0.2) is 35.8 Å². The van der Waals surface area contributed by atoms with E-state index in [0.717, 1.165) is 25.3 Å². The van der Waals surface area contributed by atoms with Gasteiger partial charge in [-0.05, 0) is 23.1 Å². The average molecular weight is 290 g/mol. The molecule has 1 N–H and O–H groups in total. The lowest BCUT2D eigenvalue weighted by Crippen LogP contribution is -2.21. The summed E-state index contributed by atoms with van der Waals surface area (Å²) in [4.78, 5) is 5.80. The largest absolute Gasteiger partial charge is 0.375 e. The fourth-order valence-corrected chi connectivity index (χ4v) is 2.46. The Labute approximate surface area is 125 Å². The molecule has 0 bridgehead atoms. The molecule has 0 aliphatic rings. The summed E-state index contributed by atoms with van der Waals surface area (Å²) in [5.41, 5.74) is 2.20. The third-order valence-corrected chi connectivity index (χ3v) is 3.86. The predicted octanol–water partition coefficient (Wildman–Crippen LogP) is 3.40. The molecule has 20 heavy (non-hydrogen) atoms. The number of pyridine rings is 1. The minimum absolute atomic E-state index is 0.496. The minimum Gasteiger partial charge on any atom is -0.375 e. The van der Waals surface area contributed by atoms with Crippen molar-refractivity contribution in [1.29, 1.82) is 0 Å². The highest BCUT2D eigenvalue weighted by atomic mass is 32.1. The van der Waals surface area contributed by atoms with E-state index in [2.05, 4.69) is 47.7 Å². The van der Waals surface area contributed by atoms with E-state index in [1.807, 2.05) is 12.3 Å². The van der Waals surface area contributed by atoms with Crippen molar-refractivity contribution < 1.29 is 4.74 Å². The molecule has 2 aromatic heterocycles. The van der Waals surface area contributed by atoms with Gasteiger partial charge in [-0.25, -0.2) is 0 Å². The van der Waals surface area contributed by atoms with Crippen LogP contribution in [-0.2, 0) is 24.3 Å². The van der Waals surface area contributed by atoms with Gasteiger partial charge in [0.1, 0.15) is 0 Å². The SMILES string of the molecule is CC(C)NCc1ccc(COCCc2cccs2)nc1. The van der Waals surface area contributed by atoms with Gasteiger partial charge in [-0.3, -0.25) is 4.98 Å². The van der Waals surface area contributed by atoms with E-state index < -0.39 is 0 Å². The first-order chi connectivity index (χ1) is 9.74. The molecule has 0 radical (unpaired) electrons. The number of hydrogen-bond acceptors (Lipinski definition) is 4. The highest BCUT2D eigenvalue weighted by Gasteiger charge is 1.99. The molecule has 108 valence electrons. The normalized spacial score (nSPS) is 11.2. The summed E-state index contributed by atoms with van der Waals surface area (Å²) in [6.45, 7) is 6.48. The summed E-state index contributed by atoms with van der Waals surface area (Å²) in [7, 11) is 0. The summed E-state index contributed by atoms with van der Waals surface area (Å²) in [5, 5.41) is 5.48. The second-order valence-electron chi connectivity index (χ2n) is 5.08. The Morgan fingerprint density at radius 1 is 1.30 bits per heavy atom. The monoisotopic (exact) mass is 290 g/mol. The first-order valence-corrected chi connectivity index (χ1v) is 7.89. The number of ether oxygens (including phenoxy) is 1. The lowest BCUT2D eigenvalue weighted by atomic mass is 10.2. The Morgan fingerprint density at radius 3 is 2.85 bits per heavy atom. The molecule has 2 heterocycles. The smallest absolute Gasteiger partial charge is 0.0887 e. The van der Waals surface area contributed by atoms with Crippen molar-refractivity contribution in [3.63, 3.8) is 0 Å². The van der Waals surface area contributed by atoms with Gasteiger partial charge >= 0.3 is 0 Å². The molecule has 0 amide bonds. The molecule has 2 rings (SSSR count). The second kappa shape index (κ2) is 8.15. The Bertz CT molecular complexity index is 480. The van der Waals surface area contributed by atoms with Crippen molar-refractivity contribution >= 4 is 11.3 Å². The highest BCUT2D eigenvalue weighted by molar-refractivity contribution is 7.09. The lowest BCUT2D eigenvalue weighted by Gasteiger charge is -2.08. The molecule has 0 aliphatic heterocycles. The maximum Gasteiger partial charge on any atom is 0.0887 e. The number of nitrogens with one attached hydrogen (secondary N) is 1. The van der Waals surface area contributed by atoms with Gasteiger partial charge in [0.25, 0.3) is 0 Å². The Hall–Kier alpha value is -1.23. The lowest BCUT2D eigenvalue weighted by molar-refractivity contribution is 0.121. The van der Waals surface area contributed by atoms with Gasteiger partial charge in [-0.15, -0.1) is 11.3 Å². The van der Waals surface area contributed by atoms with Crippen LogP contribution in [0.1, 0.15) is 30.0 Å². The molecule has 0 unspecified atom stereocenters. The van der Waals surface area contributed by atoms with Gasteiger partial charge in [-0.1, -0.05) is 26.0 Å². The standard InChI is InChI=1S/C16H22N2OS/c1-13(2)17-10-14-5-6-15(18-11-14)12-19-8-7-16-4-3-9-20-16/h3-6,9,11,13,17H,7-8,10,12H2,1-2H3. The minimum atomic E-state index is 0.496. The van der Waals surface area contributed by atoms with Gasteiger partial charge < -0.3 is 10.1 Å². The van der Waals surface area contributed by atoms with Gasteiger partial charge in [0.15, 0.2) is 0 Å². The van der Waals surface area contributed by atoms with Gasteiger partial charge in [0.2, 0.25) is 0 Å². The van der Waals surface area contributed by atoms with E-state index >= 15 is 0 Å². The zero-order chi connectivity index (χ0) is 14.2.